The molecule has 1 saturated heterocycles. The van der Waals surface area contributed by atoms with E-state index in [4.69, 9.17) is 0 Å². The number of fused-ring (bicyclic) bond motifs is 1. The molecule has 0 aromatic heterocycles. The number of aliphatic hydroxyl groups excluding tert-OH is 1. The molecule has 2 atom stereocenters. The monoisotopic (exact) mass is 333 g/mol. The van der Waals surface area contributed by atoms with Crippen LogP contribution in [0.5, 0.6) is 0 Å². The number of alkyl halides is 2. The molecular weight excluding hydrogens is 312 g/mol. The molecule has 0 unspecified atom stereocenters. The second-order valence-corrected chi connectivity index (χ2v) is 6.38. The summed E-state index contributed by atoms with van der Waals surface area (Å²) in [5.41, 5.74) is 0.982. The number of likely N-dealkylation sites (tertiary alicyclic amines) is 1. The summed E-state index contributed by atoms with van der Waals surface area (Å²) in [6.45, 7) is 1.48. The van der Waals surface area contributed by atoms with Crippen LogP contribution in [0, 0.1) is 0 Å². The van der Waals surface area contributed by atoms with Crippen LogP contribution in [0.25, 0.3) is 10.8 Å². The average molecular weight is 333 g/mol. The van der Waals surface area contributed by atoms with Crippen LogP contribution in [-0.4, -0.2) is 41.0 Å². The van der Waals surface area contributed by atoms with E-state index >= 15 is 0 Å². The molecule has 1 fully saturated rings. The molecule has 1 N–H and O–H groups in total. The third-order valence-electron chi connectivity index (χ3n) is 4.83. The Bertz CT molecular complexity index is 747. The van der Waals surface area contributed by atoms with Gasteiger partial charge in [0.25, 0.3) is 5.91 Å². The van der Waals surface area contributed by atoms with Gasteiger partial charge < -0.3 is 10.0 Å². The van der Waals surface area contributed by atoms with E-state index in [1.807, 2.05) is 42.5 Å². The number of hydrogen-bond acceptors (Lipinski definition) is 2. The predicted octanol–water partition coefficient (Wildman–Crippen LogP) is 3.56. The Labute approximate surface area is 139 Å². The minimum absolute atomic E-state index is 0.0497. The summed E-state index contributed by atoms with van der Waals surface area (Å²) < 4.78 is 27.2. The highest BCUT2D eigenvalue weighted by molar-refractivity contribution is 5.84. The Hall–Kier alpha value is -2.01. The van der Waals surface area contributed by atoms with E-state index in [2.05, 4.69) is 0 Å². The molecule has 3 nitrogen and oxygen atoms in total. The van der Waals surface area contributed by atoms with Gasteiger partial charge in [-0.3, -0.25) is 4.79 Å². The summed E-state index contributed by atoms with van der Waals surface area (Å²) in [5.74, 6) is -4.68. The van der Waals surface area contributed by atoms with E-state index in [9.17, 15) is 18.7 Å². The van der Waals surface area contributed by atoms with Crippen LogP contribution < -0.4 is 0 Å². The largest absolute Gasteiger partial charge is 0.391 e. The van der Waals surface area contributed by atoms with Gasteiger partial charge in [-0.05, 0) is 22.8 Å². The molecule has 0 bridgehead atoms. The zero-order valence-corrected chi connectivity index (χ0v) is 13.6. The summed E-state index contributed by atoms with van der Waals surface area (Å²) in [6.07, 6.45) is -0.881. The molecule has 1 aliphatic heterocycles. The zero-order valence-electron chi connectivity index (χ0n) is 13.6. The first-order valence-electron chi connectivity index (χ1n) is 8.26. The third kappa shape index (κ3) is 3.13. The Morgan fingerprint density at radius 3 is 2.62 bits per heavy atom. The maximum atomic E-state index is 13.6. The molecule has 1 amide bonds. The number of carbonyl (C=O) groups excluding carboxylic acids is 1. The Kier molecular flexibility index (Phi) is 4.54. The van der Waals surface area contributed by atoms with Crippen LogP contribution in [0.2, 0.25) is 0 Å². The minimum atomic E-state index is -3.35. The maximum Gasteiger partial charge on any atom is 0.324 e. The maximum absolute atomic E-state index is 13.6. The van der Waals surface area contributed by atoms with Crippen molar-refractivity contribution in [2.75, 3.05) is 13.1 Å². The van der Waals surface area contributed by atoms with E-state index in [0.717, 1.165) is 21.2 Å². The van der Waals surface area contributed by atoms with Gasteiger partial charge in [-0.2, -0.15) is 8.78 Å². The van der Waals surface area contributed by atoms with E-state index in [1.54, 1.807) is 0 Å². The normalized spacial score (nSPS) is 21.9. The van der Waals surface area contributed by atoms with Gasteiger partial charge in [0.1, 0.15) is 0 Å². The number of halogens is 2. The molecule has 1 aliphatic rings. The lowest BCUT2D eigenvalue weighted by atomic mass is 9.86. The smallest absolute Gasteiger partial charge is 0.324 e. The van der Waals surface area contributed by atoms with Crippen molar-refractivity contribution in [3.8, 4) is 0 Å². The number of amides is 1. The van der Waals surface area contributed by atoms with Crippen molar-refractivity contribution >= 4 is 16.7 Å². The molecule has 2 aromatic rings. The first-order valence-corrected chi connectivity index (χ1v) is 8.26. The predicted molar refractivity (Wildman–Crippen MR) is 89.1 cm³/mol. The van der Waals surface area contributed by atoms with E-state index < -0.39 is 24.4 Å². The van der Waals surface area contributed by atoms with Crippen molar-refractivity contribution in [2.45, 2.75) is 37.7 Å². The summed E-state index contributed by atoms with van der Waals surface area (Å²) in [4.78, 5) is 13.0. The van der Waals surface area contributed by atoms with Crippen molar-refractivity contribution < 1.29 is 18.7 Å². The van der Waals surface area contributed by atoms with Crippen LogP contribution in [0.1, 0.15) is 31.2 Å². The molecule has 5 heteroatoms. The van der Waals surface area contributed by atoms with Gasteiger partial charge >= 0.3 is 5.92 Å². The number of hydrogen-bond donors (Lipinski definition) is 1. The number of aliphatic hydroxyl groups is 1. The molecule has 128 valence electrons. The fourth-order valence-electron chi connectivity index (χ4n) is 3.33. The quantitative estimate of drug-likeness (QED) is 0.933. The van der Waals surface area contributed by atoms with Gasteiger partial charge in [0.15, 0.2) is 0 Å². The number of β-amino-alcohol motifs (C(OH)–C–C–N with tert-alkyl or cyclic N) is 1. The van der Waals surface area contributed by atoms with Crippen molar-refractivity contribution in [3.05, 3.63) is 48.0 Å². The minimum Gasteiger partial charge on any atom is -0.391 e. The lowest BCUT2D eigenvalue weighted by molar-refractivity contribution is -0.161. The van der Waals surface area contributed by atoms with Crippen molar-refractivity contribution in [1.82, 2.24) is 4.90 Å². The van der Waals surface area contributed by atoms with Gasteiger partial charge in [-0.25, -0.2) is 0 Å². The standard InChI is InChI=1S/C19H21F2NO2/c1-2-19(20,21)18(24)22-10-9-16(17(23)12-22)15-8-7-13-5-3-4-6-14(13)11-15/h3-8,11,16-17,23H,2,9-10,12H2,1H3/t16-,17+/m0/s1. The second-order valence-electron chi connectivity index (χ2n) is 6.38. The highest BCUT2D eigenvalue weighted by Gasteiger charge is 2.42. The third-order valence-corrected chi connectivity index (χ3v) is 4.83. The highest BCUT2D eigenvalue weighted by atomic mass is 19.3. The summed E-state index contributed by atoms with van der Waals surface area (Å²) >= 11 is 0. The lowest BCUT2D eigenvalue weighted by Gasteiger charge is -2.37. The molecule has 0 saturated carbocycles. The highest BCUT2D eigenvalue weighted by Crippen LogP contribution is 2.32. The molecule has 0 aliphatic carbocycles. The number of carbonyl (C=O) groups is 1. The Balaban J connectivity index is 1.76. The SMILES string of the molecule is CCC(F)(F)C(=O)N1CC[C@@H](c2ccc3ccccc3c2)[C@H](O)C1. The van der Waals surface area contributed by atoms with Crippen LogP contribution in [0.15, 0.2) is 42.5 Å². The van der Waals surface area contributed by atoms with Crippen molar-refractivity contribution in [1.29, 1.82) is 0 Å². The molecular formula is C19H21F2NO2. The summed E-state index contributed by atoms with van der Waals surface area (Å²) in [6, 6.07) is 13.9. The number of rotatable bonds is 3. The molecule has 2 aromatic carbocycles. The fraction of sp³-hybridized carbons (Fsp3) is 0.421. The van der Waals surface area contributed by atoms with Gasteiger partial charge in [0.05, 0.1) is 6.10 Å². The van der Waals surface area contributed by atoms with Gasteiger partial charge in [0, 0.05) is 25.4 Å². The molecule has 0 radical (unpaired) electrons. The number of piperidine rings is 1. The van der Waals surface area contributed by atoms with Gasteiger partial charge in [-0.1, -0.05) is 49.4 Å². The van der Waals surface area contributed by atoms with Crippen molar-refractivity contribution in [3.63, 3.8) is 0 Å². The summed E-state index contributed by atoms with van der Waals surface area (Å²) in [5, 5.41) is 12.6. The van der Waals surface area contributed by atoms with E-state index in [-0.39, 0.29) is 19.0 Å². The molecule has 24 heavy (non-hydrogen) atoms. The van der Waals surface area contributed by atoms with Gasteiger partial charge in [-0.15, -0.1) is 0 Å². The molecule has 0 spiro atoms. The number of benzene rings is 2. The van der Waals surface area contributed by atoms with Crippen molar-refractivity contribution in [2.24, 2.45) is 0 Å². The lowest BCUT2D eigenvalue weighted by Crippen LogP contribution is -2.51. The van der Waals surface area contributed by atoms with Crippen LogP contribution in [-0.2, 0) is 4.79 Å². The average Bonchev–Trinajstić information content (AvgIpc) is 2.60. The van der Waals surface area contributed by atoms with Crippen LogP contribution in [0.3, 0.4) is 0 Å². The van der Waals surface area contributed by atoms with E-state index in [0.29, 0.717) is 6.42 Å². The Morgan fingerprint density at radius 2 is 1.96 bits per heavy atom. The molecule has 1 heterocycles. The first kappa shape index (κ1) is 16.8. The summed E-state index contributed by atoms with van der Waals surface area (Å²) in [7, 11) is 0. The zero-order chi connectivity index (χ0) is 17.3. The van der Waals surface area contributed by atoms with Crippen LogP contribution >= 0.6 is 0 Å². The topological polar surface area (TPSA) is 40.5 Å². The van der Waals surface area contributed by atoms with Gasteiger partial charge in [0.2, 0.25) is 0 Å². The Morgan fingerprint density at radius 1 is 1.25 bits per heavy atom. The number of nitrogens with zero attached hydrogens (tertiary/aromatic N) is 1. The van der Waals surface area contributed by atoms with Crippen LogP contribution in [0.4, 0.5) is 8.78 Å². The fourth-order valence-corrected chi connectivity index (χ4v) is 3.33. The second kappa shape index (κ2) is 6.48. The first-order chi connectivity index (χ1) is 11.4. The molecule has 3 rings (SSSR count). The van der Waals surface area contributed by atoms with E-state index in [1.165, 1.54) is 6.92 Å².